The highest BCUT2D eigenvalue weighted by Gasteiger charge is 2.47. The maximum atomic E-state index is 14.0. The third-order valence-corrected chi connectivity index (χ3v) is 10.5. The molecule has 1 unspecified atom stereocenters. The van der Waals surface area contributed by atoms with Crippen molar-refractivity contribution in [1.82, 2.24) is 19.8 Å². The van der Waals surface area contributed by atoms with Crippen LogP contribution < -0.4 is 14.5 Å². The Labute approximate surface area is 290 Å². The lowest BCUT2D eigenvalue weighted by Gasteiger charge is -2.53. The zero-order valence-corrected chi connectivity index (χ0v) is 28.8. The molecule has 1 amide bonds. The highest BCUT2D eigenvalue weighted by Crippen LogP contribution is 2.47. The number of benzene rings is 3. The van der Waals surface area contributed by atoms with Gasteiger partial charge in [0.15, 0.2) is 5.83 Å². The normalized spacial score (nSPS) is 18.6. The maximum Gasteiger partial charge on any atom is 0.282 e. The van der Waals surface area contributed by atoms with E-state index < -0.39 is 17.8 Å². The summed E-state index contributed by atoms with van der Waals surface area (Å²) < 4.78 is 26.1. The Hall–Kier alpha value is -4.50. The molecular weight excluding hydrogens is 645 g/mol. The SMILES string of the molecule is C=C(F)C(=O)N1CCN(c2nc(N3CC(COC)(N(C)C)C3)nc3cc(-c4cccc5cccc(Cl)c45)c4c(c23)OCCC4)CC1CC#N. The number of carbonyl (C=O) groups excluding carboxylic acids is 1. The minimum absolute atomic E-state index is 0.0421. The number of ether oxygens (including phenoxy) is 2. The number of methoxy groups -OCH3 is 1. The van der Waals surface area contributed by atoms with Gasteiger partial charge in [-0.2, -0.15) is 10.2 Å². The number of carbonyl (C=O) groups is 1. The summed E-state index contributed by atoms with van der Waals surface area (Å²) in [6.07, 6.45) is 1.70. The van der Waals surface area contributed by atoms with E-state index in [-0.39, 0.29) is 18.5 Å². The molecule has 254 valence electrons. The second-order valence-electron chi connectivity index (χ2n) is 13.3. The molecule has 0 bridgehead atoms. The van der Waals surface area contributed by atoms with Crippen molar-refractivity contribution in [2.75, 3.05) is 76.9 Å². The molecule has 3 aliphatic heterocycles. The Morgan fingerprint density at radius 2 is 1.94 bits per heavy atom. The van der Waals surface area contributed by atoms with Crippen molar-refractivity contribution in [3.05, 3.63) is 65.5 Å². The smallest absolute Gasteiger partial charge is 0.282 e. The van der Waals surface area contributed by atoms with Crippen molar-refractivity contribution in [1.29, 1.82) is 5.26 Å². The summed E-state index contributed by atoms with van der Waals surface area (Å²) in [6.45, 7) is 6.56. The molecule has 0 radical (unpaired) electrons. The first-order chi connectivity index (χ1) is 23.7. The van der Waals surface area contributed by atoms with Gasteiger partial charge in [-0.05, 0) is 55.6 Å². The van der Waals surface area contributed by atoms with Gasteiger partial charge in [0, 0.05) is 55.8 Å². The number of fused-ring (bicyclic) bond motifs is 4. The van der Waals surface area contributed by atoms with Crippen LogP contribution in [0.4, 0.5) is 16.2 Å². The van der Waals surface area contributed by atoms with E-state index in [0.717, 1.165) is 57.0 Å². The monoisotopic (exact) mass is 683 g/mol. The lowest BCUT2D eigenvalue weighted by Crippen LogP contribution is -2.71. The molecule has 2 fully saturated rings. The molecule has 7 rings (SSSR count). The Kier molecular flexibility index (Phi) is 8.82. The number of nitriles is 1. The minimum Gasteiger partial charge on any atom is -0.492 e. The molecule has 0 spiro atoms. The number of halogens is 2. The summed E-state index contributed by atoms with van der Waals surface area (Å²) in [7, 11) is 5.82. The van der Waals surface area contributed by atoms with Gasteiger partial charge in [-0.1, -0.05) is 48.5 Å². The second-order valence-corrected chi connectivity index (χ2v) is 13.7. The van der Waals surface area contributed by atoms with Gasteiger partial charge in [0.25, 0.3) is 5.91 Å². The number of anilines is 2. The molecule has 49 heavy (non-hydrogen) atoms. The van der Waals surface area contributed by atoms with E-state index in [1.54, 1.807) is 7.11 Å². The average molecular weight is 684 g/mol. The van der Waals surface area contributed by atoms with Gasteiger partial charge in [-0.25, -0.2) is 9.37 Å². The van der Waals surface area contributed by atoms with E-state index in [4.69, 9.17) is 31.0 Å². The first-order valence-corrected chi connectivity index (χ1v) is 16.9. The van der Waals surface area contributed by atoms with Gasteiger partial charge in [0.2, 0.25) is 5.95 Å². The fourth-order valence-electron chi connectivity index (χ4n) is 7.56. The van der Waals surface area contributed by atoms with Crippen molar-refractivity contribution in [2.45, 2.75) is 30.8 Å². The number of aromatic nitrogens is 2. The van der Waals surface area contributed by atoms with Crippen LogP contribution in [0.15, 0.2) is 54.9 Å². The van der Waals surface area contributed by atoms with E-state index in [2.05, 4.69) is 65.7 Å². The van der Waals surface area contributed by atoms with Crippen LogP contribution in [0.5, 0.6) is 5.75 Å². The Morgan fingerprint density at radius 1 is 1.16 bits per heavy atom. The maximum absolute atomic E-state index is 14.0. The van der Waals surface area contributed by atoms with Crippen LogP contribution in [0.1, 0.15) is 18.4 Å². The number of hydrogen-bond acceptors (Lipinski definition) is 9. The molecule has 1 atom stereocenters. The Bertz CT molecular complexity index is 2000. The number of amides is 1. The molecular formula is C37H39ClFN7O3. The molecule has 12 heteroatoms. The van der Waals surface area contributed by atoms with E-state index >= 15 is 0 Å². The van der Waals surface area contributed by atoms with Crippen LogP contribution in [0.3, 0.4) is 0 Å². The molecule has 3 aliphatic rings. The Morgan fingerprint density at radius 3 is 2.65 bits per heavy atom. The quantitative estimate of drug-likeness (QED) is 0.220. The third-order valence-electron chi connectivity index (χ3n) is 10.2. The largest absolute Gasteiger partial charge is 0.492 e. The lowest BCUT2D eigenvalue weighted by atomic mass is 9.89. The number of hydrogen-bond donors (Lipinski definition) is 0. The molecule has 1 aromatic heterocycles. The Balaban J connectivity index is 1.42. The number of nitrogens with zero attached hydrogens (tertiary/aromatic N) is 7. The topological polar surface area (TPSA) is 98.1 Å². The summed E-state index contributed by atoms with van der Waals surface area (Å²) in [5.41, 5.74) is 3.63. The van der Waals surface area contributed by atoms with Crippen molar-refractivity contribution in [3.63, 3.8) is 0 Å². The van der Waals surface area contributed by atoms with Crippen molar-refractivity contribution < 1.29 is 18.7 Å². The zero-order chi connectivity index (χ0) is 34.4. The fraction of sp³-hybridized carbons (Fsp3) is 0.405. The van der Waals surface area contributed by atoms with Crippen LogP contribution in [-0.4, -0.2) is 104 Å². The summed E-state index contributed by atoms with van der Waals surface area (Å²) in [6, 6.07) is 15.9. The molecule has 4 heterocycles. The summed E-state index contributed by atoms with van der Waals surface area (Å²) >= 11 is 6.84. The van der Waals surface area contributed by atoms with Crippen molar-refractivity contribution >= 4 is 50.9 Å². The molecule has 0 saturated carbocycles. The van der Waals surface area contributed by atoms with Crippen LogP contribution in [0, 0.1) is 11.3 Å². The van der Waals surface area contributed by atoms with Gasteiger partial charge in [0.1, 0.15) is 11.6 Å². The van der Waals surface area contributed by atoms with Crippen LogP contribution in [0.25, 0.3) is 32.8 Å². The standard InChI is InChI=1S/C37H39ClFN7O3/c1-23(39)35(47)46-16-15-44(19-25(46)13-14-40)34-32-30(41-36(42-34)45-20-37(21-45,22-48-4)43(2)3)18-28(27-11-7-17-49-33(27)32)26-10-5-8-24-9-6-12-29(38)31(24)26/h5-6,8-10,12,18,25H,1,7,11,13,15-17,19-22H2,2-4H3. The highest BCUT2D eigenvalue weighted by atomic mass is 35.5. The highest BCUT2D eigenvalue weighted by molar-refractivity contribution is 6.36. The average Bonchev–Trinajstić information content (AvgIpc) is 3.08. The van der Waals surface area contributed by atoms with Crippen molar-refractivity contribution in [3.8, 4) is 22.9 Å². The summed E-state index contributed by atoms with van der Waals surface area (Å²) in [4.78, 5) is 31.0. The molecule has 3 aromatic carbocycles. The van der Waals surface area contributed by atoms with E-state index in [1.807, 2.05) is 18.2 Å². The van der Waals surface area contributed by atoms with Crippen LogP contribution >= 0.6 is 11.6 Å². The van der Waals surface area contributed by atoms with Crippen molar-refractivity contribution in [2.24, 2.45) is 0 Å². The van der Waals surface area contributed by atoms with Crippen LogP contribution in [0.2, 0.25) is 5.02 Å². The van der Waals surface area contributed by atoms with Gasteiger partial charge < -0.3 is 24.2 Å². The third kappa shape index (κ3) is 5.71. The number of likely N-dealkylation sites (N-methyl/N-ethyl adjacent to an activating group) is 1. The fourth-order valence-corrected chi connectivity index (χ4v) is 7.85. The van der Waals surface area contributed by atoms with Crippen LogP contribution in [-0.2, 0) is 16.0 Å². The second kappa shape index (κ2) is 13.1. The minimum atomic E-state index is -1.03. The lowest BCUT2D eigenvalue weighted by molar-refractivity contribution is -0.131. The van der Waals surface area contributed by atoms with E-state index in [1.165, 1.54) is 4.90 Å². The number of rotatable bonds is 8. The summed E-state index contributed by atoms with van der Waals surface area (Å²) in [5.74, 6) is 0.159. The first-order valence-electron chi connectivity index (χ1n) is 16.5. The predicted molar refractivity (Wildman–Crippen MR) is 190 cm³/mol. The zero-order valence-electron chi connectivity index (χ0n) is 28.0. The van der Waals surface area contributed by atoms with E-state index in [0.29, 0.717) is 56.2 Å². The van der Waals surface area contributed by atoms with Gasteiger partial charge in [-0.3, -0.25) is 9.69 Å². The van der Waals surface area contributed by atoms with Gasteiger partial charge in [-0.15, -0.1) is 0 Å². The molecule has 10 nitrogen and oxygen atoms in total. The van der Waals surface area contributed by atoms with E-state index in [9.17, 15) is 14.4 Å². The number of piperazine rings is 1. The summed E-state index contributed by atoms with van der Waals surface area (Å²) in [5, 5.41) is 13.2. The molecule has 2 saturated heterocycles. The van der Waals surface area contributed by atoms with Gasteiger partial charge >= 0.3 is 0 Å². The first kappa shape index (κ1) is 33.0. The predicted octanol–water partition coefficient (Wildman–Crippen LogP) is 5.61. The van der Waals surface area contributed by atoms with Gasteiger partial charge in [0.05, 0.1) is 48.2 Å². The molecule has 0 N–H and O–H groups in total. The molecule has 0 aliphatic carbocycles. The molecule has 4 aromatic rings.